The van der Waals surface area contributed by atoms with E-state index in [0.717, 1.165) is 12.1 Å². The summed E-state index contributed by atoms with van der Waals surface area (Å²) in [5.74, 6) is -2.49. The third-order valence-electron chi connectivity index (χ3n) is 2.81. The smallest absolute Gasteiger partial charge is 0.160 e. The monoisotopic (exact) mass is 319 g/mol. The van der Waals surface area contributed by atoms with Crippen molar-refractivity contribution in [1.29, 1.82) is 0 Å². The largest absolute Gasteiger partial charge is 0.378 e. The van der Waals surface area contributed by atoms with Crippen molar-refractivity contribution in [3.63, 3.8) is 0 Å². The van der Waals surface area contributed by atoms with Crippen LogP contribution in [-0.2, 0) is 0 Å². The van der Waals surface area contributed by atoms with Crippen molar-refractivity contribution in [1.82, 2.24) is 0 Å². The summed E-state index contributed by atoms with van der Waals surface area (Å²) in [6.07, 6.45) is 0. The number of halogens is 5. The minimum absolute atomic E-state index is 0.0706. The third kappa shape index (κ3) is 3.19. The molecular formula is C14H10Cl2F3N. The zero-order valence-electron chi connectivity index (χ0n) is 10.4. The Hall–Kier alpha value is -1.39. The van der Waals surface area contributed by atoms with Gasteiger partial charge in [-0.05, 0) is 36.8 Å². The van der Waals surface area contributed by atoms with Crippen LogP contribution in [0.2, 0.25) is 10.0 Å². The number of nitrogens with one attached hydrogen (secondary N) is 1. The average Bonchev–Trinajstić information content (AvgIpc) is 2.38. The molecule has 6 heteroatoms. The van der Waals surface area contributed by atoms with Crippen molar-refractivity contribution < 1.29 is 13.2 Å². The molecule has 106 valence electrons. The predicted molar refractivity (Wildman–Crippen MR) is 74.8 cm³/mol. The summed E-state index contributed by atoms with van der Waals surface area (Å²) in [5.41, 5.74) is 0.834. The van der Waals surface area contributed by atoms with Crippen LogP contribution in [0.1, 0.15) is 18.5 Å². The standard InChI is InChI=1S/C14H10Cl2F3N/c1-7(9-5-13(18)11(16)6-10(9)15)20-8-2-3-12(17)14(19)4-8/h2-7,20H,1H3. The highest BCUT2D eigenvalue weighted by Gasteiger charge is 2.14. The van der Waals surface area contributed by atoms with Gasteiger partial charge in [-0.3, -0.25) is 0 Å². The first-order chi connectivity index (χ1) is 9.38. The molecular weight excluding hydrogens is 310 g/mol. The fourth-order valence-corrected chi connectivity index (χ4v) is 2.33. The molecule has 0 aliphatic heterocycles. The van der Waals surface area contributed by atoms with E-state index in [1.165, 1.54) is 18.2 Å². The van der Waals surface area contributed by atoms with Gasteiger partial charge in [-0.1, -0.05) is 23.2 Å². The van der Waals surface area contributed by atoms with E-state index in [2.05, 4.69) is 5.32 Å². The Morgan fingerprint density at radius 1 is 0.900 bits per heavy atom. The number of benzene rings is 2. The SMILES string of the molecule is CC(Nc1ccc(F)c(F)c1)c1cc(F)c(Cl)cc1Cl. The van der Waals surface area contributed by atoms with Crippen LogP contribution in [0.4, 0.5) is 18.9 Å². The fraction of sp³-hybridized carbons (Fsp3) is 0.143. The first-order valence-electron chi connectivity index (χ1n) is 5.74. The molecule has 1 unspecified atom stereocenters. The van der Waals surface area contributed by atoms with E-state index in [0.29, 0.717) is 16.3 Å². The molecule has 0 saturated heterocycles. The Morgan fingerprint density at radius 3 is 2.25 bits per heavy atom. The van der Waals surface area contributed by atoms with Gasteiger partial charge in [0.2, 0.25) is 0 Å². The molecule has 0 aliphatic rings. The molecule has 0 amide bonds. The molecule has 0 aromatic heterocycles. The number of rotatable bonds is 3. The van der Waals surface area contributed by atoms with Crippen molar-refractivity contribution >= 4 is 28.9 Å². The van der Waals surface area contributed by atoms with Crippen molar-refractivity contribution in [2.24, 2.45) is 0 Å². The van der Waals surface area contributed by atoms with Gasteiger partial charge in [0.15, 0.2) is 11.6 Å². The van der Waals surface area contributed by atoms with Gasteiger partial charge in [-0.15, -0.1) is 0 Å². The van der Waals surface area contributed by atoms with Gasteiger partial charge in [0.05, 0.1) is 11.1 Å². The number of hydrogen-bond donors (Lipinski definition) is 1. The van der Waals surface area contributed by atoms with Gasteiger partial charge >= 0.3 is 0 Å². The second-order valence-corrected chi connectivity index (χ2v) is 5.10. The summed E-state index contributed by atoms with van der Waals surface area (Å²) in [6, 6.07) is 5.52. The maximum atomic E-state index is 13.4. The van der Waals surface area contributed by atoms with Crippen LogP contribution in [0, 0.1) is 17.5 Å². The molecule has 2 aromatic carbocycles. The molecule has 2 aromatic rings. The van der Waals surface area contributed by atoms with E-state index in [1.807, 2.05) is 0 Å². The first kappa shape index (κ1) is 15.0. The van der Waals surface area contributed by atoms with E-state index < -0.39 is 23.5 Å². The van der Waals surface area contributed by atoms with Gasteiger partial charge in [0, 0.05) is 16.8 Å². The first-order valence-corrected chi connectivity index (χ1v) is 6.50. The minimum Gasteiger partial charge on any atom is -0.378 e. The number of anilines is 1. The van der Waals surface area contributed by atoms with Crippen LogP contribution in [0.15, 0.2) is 30.3 Å². The minimum atomic E-state index is -0.962. The summed E-state index contributed by atoms with van der Waals surface area (Å²) >= 11 is 11.6. The molecule has 0 aliphatic carbocycles. The highest BCUT2D eigenvalue weighted by molar-refractivity contribution is 6.35. The average molecular weight is 320 g/mol. The van der Waals surface area contributed by atoms with Crippen LogP contribution >= 0.6 is 23.2 Å². The normalized spacial score (nSPS) is 12.3. The molecule has 20 heavy (non-hydrogen) atoms. The molecule has 0 saturated carbocycles. The van der Waals surface area contributed by atoms with Gasteiger partial charge in [0.1, 0.15) is 5.82 Å². The fourth-order valence-electron chi connectivity index (χ4n) is 1.78. The lowest BCUT2D eigenvalue weighted by Crippen LogP contribution is -2.08. The third-order valence-corrected chi connectivity index (χ3v) is 3.43. The molecule has 0 spiro atoms. The molecule has 1 N–H and O–H groups in total. The zero-order chi connectivity index (χ0) is 14.9. The predicted octanol–water partition coefficient (Wildman–Crippen LogP) is 5.58. The van der Waals surface area contributed by atoms with Crippen LogP contribution < -0.4 is 5.32 Å². The van der Waals surface area contributed by atoms with Crippen molar-refractivity contribution in [2.45, 2.75) is 13.0 Å². The Morgan fingerprint density at radius 2 is 1.60 bits per heavy atom. The Kier molecular flexibility index (Phi) is 4.45. The van der Waals surface area contributed by atoms with Crippen molar-refractivity contribution in [3.8, 4) is 0 Å². The summed E-state index contributed by atoms with van der Waals surface area (Å²) in [7, 11) is 0. The van der Waals surface area contributed by atoms with Gasteiger partial charge in [0.25, 0.3) is 0 Å². The lowest BCUT2D eigenvalue weighted by Gasteiger charge is -2.17. The molecule has 2 rings (SSSR count). The molecule has 0 bridgehead atoms. The molecule has 0 heterocycles. The quantitative estimate of drug-likeness (QED) is 0.728. The van der Waals surface area contributed by atoms with Crippen LogP contribution in [0.5, 0.6) is 0 Å². The molecule has 1 atom stereocenters. The summed E-state index contributed by atoms with van der Waals surface area (Å²) in [5, 5.41) is 3.13. The Bertz CT molecular complexity index is 647. The summed E-state index contributed by atoms with van der Waals surface area (Å²) in [4.78, 5) is 0. The van der Waals surface area contributed by atoms with Crippen molar-refractivity contribution in [3.05, 3.63) is 63.4 Å². The lowest BCUT2D eigenvalue weighted by molar-refractivity contribution is 0.509. The second-order valence-electron chi connectivity index (χ2n) is 4.28. The van der Waals surface area contributed by atoms with Crippen LogP contribution in [0.3, 0.4) is 0 Å². The highest BCUT2D eigenvalue weighted by atomic mass is 35.5. The van der Waals surface area contributed by atoms with E-state index in [9.17, 15) is 13.2 Å². The van der Waals surface area contributed by atoms with Crippen LogP contribution in [-0.4, -0.2) is 0 Å². The van der Waals surface area contributed by atoms with E-state index >= 15 is 0 Å². The maximum Gasteiger partial charge on any atom is 0.160 e. The van der Waals surface area contributed by atoms with Crippen molar-refractivity contribution in [2.75, 3.05) is 5.32 Å². The van der Waals surface area contributed by atoms with Gasteiger partial charge in [-0.25, -0.2) is 13.2 Å². The summed E-state index contributed by atoms with van der Waals surface area (Å²) < 4.78 is 39.4. The maximum absolute atomic E-state index is 13.4. The zero-order valence-corrected chi connectivity index (χ0v) is 11.9. The Balaban J connectivity index is 2.25. The second kappa shape index (κ2) is 5.94. The highest BCUT2D eigenvalue weighted by Crippen LogP contribution is 2.30. The summed E-state index contributed by atoms with van der Waals surface area (Å²) in [6.45, 7) is 1.72. The van der Waals surface area contributed by atoms with E-state index in [4.69, 9.17) is 23.2 Å². The van der Waals surface area contributed by atoms with Gasteiger partial charge in [-0.2, -0.15) is 0 Å². The molecule has 1 nitrogen and oxygen atoms in total. The number of hydrogen-bond acceptors (Lipinski definition) is 1. The topological polar surface area (TPSA) is 12.0 Å². The molecule has 0 radical (unpaired) electrons. The van der Waals surface area contributed by atoms with E-state index in [-0.39, 0.29) is 5.02 Å². The Labute approximate surface area is 124 Å². The molecule has 0 fully saturated rings. The lowest BCUT2D eigenvalue weighted by atomic mass is 10.1. The van der Waals surface area contributed by atoms with Gasteiger partial charge < -0.3 is 5.32 Å². The van der Waals surface area contributed by atoms with Crippen LogP contribution in [0.25, 0.3) is 0 Å². The van der Waals surface area contributed by atoms with E-state index in [1.54, 1.807) is 6.92 Å².